The number of para-hydroxylation sites is 2. The number of nitrogens with zero attached hydrogens (tertiary/aromatic N) is 1. The summed E-state index contributed by atoms with van der Waals surface area (Å²) in [7, 11) is 0. The number of morpholine rings is 1. The zero-order valence-electron chi connectivity index (χ0n) is 13.6. The van der Waals surface area contributed by atoms with Crippen molar-refractivity contribution >= 4 is 17.3 Å². The van der Waals surface area contributed by atoms with Crippen LogP contribution < -0.4 is 5.32 Å². The van der Waals surface area contributed by atoms with Crippen LogP contribution in [0.2, 0.25) is 0 Å². The van der Waals surface area contributed by atoms with Crippen LogP contribution in [-0.2, 0) is 4.74 Å². The first-order valence-electron chi connectivity index (χ1n) is 7.89. The number of hydrogen-bond donors (Lipinski definition) is 1. The van der Waals surface area contributed by atoms with Crippen LogP contribution in [0.3, 0.4) is 0 Å². The van der Waals surface area contributed by atoms with E-state index in [1.54, 1.807) is 0 Å². The number of anilines is 2. The lowest BCUT2D eigenvalue weighted by molar-refractivity contribution is -0.0763. The third-order valence-corrected chi connectivity index (χ3v) is 3.92. The van der Waals surface area contributed by atoms with Gasteiger partial charge in [-0.2, -0.15) is 0 Å². The molecule has 3 rings (SSSR count). The second-order valence-electron chi connectivity index (χ2n) is 6.37. The summed E-state index contributed by atoms with van der Waals surface area (Å²) >= 11 is 0. The highest BCUT2D eigenvalue weighted by molar-refractivity contribution is 6.00. The number of carbonyl (C=O) groups is 1. The molecule has 0 radical (unpaired) electrons. The van der Waals surface area contributed by atoms with Crippen molar-refractivity contribution < 1.29 is 9.53 Å². The van der Waals surface area contributed by atoms with Gasteiger partial charge in [0.25, 0.3) is 5.91 Å². The maximum atomic E-state index is 12.9. The Kier molecular flexibility index (Phi) is 4.35. The summed E-state index contributed by atoms with van der Waals surface area (Å²) < 4.78 is 5.70. The number of amides is 1. The highest BCUT2D eigenvalue weighted by Gasteiger charge is 2.31. The maximum absolute atomic E-state index is 12.9. The van der Waals surface area contributed by atoms with Gasteiger partial charge in [0.1, 0.15) is 0 Å². The molecule has 1 fully saturated rings. The first kappa shape index (κ1) is 15.6. The molecule has 1 aliphatic rings. The number of benzene rings is 2. The Bertz CT molecular complexity index is 683. The van der Waals surface area contributed by atoms with Crippen LogP contribution in [0.4, 0.5) is 11.4 Å². The van der Waals surface area contributed by atoms with Gasteiger partial charge in [0.05, 0.1) is 23.5 Å². The predicted octanol–water partition coefficient (Wildman–Crippen LogP) is 3.68. The van der Waals surface area contributed by atoms with Crippen molar-refractivity contribution in [1.29, 1.82) is 0 Å². The van der Waals surface area contributed by atoms with Crippen molar-refractivity contribution in [3.63, 3.8) is 0 Å². The number of rotatable bonds is 3. The van der Waals surface area contributed by atoms with Crippen molar-refractivity contribution in [2.75, 3.05) is 25.0 Å². The minimum atomic E-state index is -0.296. The average molecular weight is 310 g/mol. The van der Waals surface area contributed by atoms with Gasteiger partial charge in [-0.05, 0) is 38.1 Å². The highest BCUT2D eigenvalue weighted by atomic mass is 16.5. The number of carbonyl (C=O) groups excluding carboxylic acids is 1. The van der Waals surface area contributed by atoms with Gasteiger partial charge in [-0.25, -0.2) is 0 Å². The molecule has 0 aliphatic carbocycles. The van der Waals surface area contributed by atoms with E-state index in [9.17, 15) is 4.79 Å². The van der Waals surface area contributed by atoms with E-state index in [1.807, 2.05) is 73.3 Å². The van der Waals surface area contributed by atoms with Crippen molar-refractivity contribution in [2.45, 2.75) is 19.4 Å². The van der Waals surface area contributed by atoms with Crippen molar-refractivity contribution in [3.8, 4) is 0 Å². The lowest BCUT2D eigenvalue weighted by atomic mass is 10.1. The molecular weight excluding hydrogens is 288 g/mol. The zero-order valence-corrected chi connectivity index (χ0v) is 13.6. The molecule has 0 aromatic heterocycles. The number of ether oxygens (including phenoxy) is 1. The predicted molar refractivity (Wildman–Crippen MR) is 92.1 cm³/mol. The quantitative estimate of drug-likeness (QED) is 0.940. The molecule has 2 aromatic rings. The van der Waals surface area contributed by atoms with E-state index in [1.165, 1.54) is 0 Å². The van der Waals surface area contributed by atoms with E-state index in [2.05, 4.69) is 5.32 Å². The van der Waals surface area contributed by atoms with Crippen molar-refractivity contribution in [3.05, 3.63) is 60.2 Å². The van der Waals surface area contributed by atoms with Crippen LogP contribution in [0.25, 0.3) is 0 Å². The summed E-state index contributed by atoms with van der Waals surface area (Å²) in [4.78, 5) is 14.8. The van der Waals surface area contributed by atoms with Gasteiger partial charge in [0, 0.05) is 18.8 Å². The molecule has 0 bridgehead atoms. The second-order valence-corrected chi connectivity index (χ2v) is 6.37. The third kappa shape index (κ3) is 3.71. The Morgan fingerprint density at radius 2 is 1.78 bits per heavy atom. The molecule has 1 N–H and O–H groups in total. The average Bonchev–Trinajstić information content (AvgIpc) is 2.55. The summed E-state index contributed by atoms with van der Waals surface area (Å²) in [5, 5.41) is 3.33. The lowest BCUT2D eigenvalue weighted by Crippen LogP contribution is -2.50. The smallest absolute Gasteiger partial charge is 0.256 e. The summed E-state index contributed by atoms with van der Waals surface area (Å²) in [6, 6.07) is 17.5. The Morgan fingerprint density at radius 1 is 1.09 bits per heavy atom. The number of hydrogen-bond acceptors (Lipinski definition) is 3. The fraction of sp³-hybridized carbons (Fsp3) is 0.316. The van der Waals surface area contributed by atoms with E-state index >= 15 is 0 Å². The Morgan fingerprint density at radius 3 is 2.52 bits per heavy atom. The Labute approximate surface area is 137 Å². The molecule has 23 heavy (non-hydrogen) atoms. The van der Waals surface area contributed by atoms with E-state index < -0.39 is 0 Å². The fourth-order valence-corrected chi connectivity index (χ4v) is 2.82. The first-order valence-corrected chi connectivity index (χ1v) is 7.89. The Hall–Kier alpha value is -2.33. The van der Waals surface area contributed by atoms with Crippen molar-refractivity contribution in [2.24, 2.45) is 0 Å². The van der Waals surface area contributed by atoms with Gasteiger partial charge in [-0.1, -0.05) is 30.3 Å². The fourth-order valence-electron chi connectivity index (χ4n) is 2.82. The third-order valence-electron chi connectivity index (χ3n) is 3.92. The number of nitrogens with one attached hydrogen (secondary N) is 1. The van der Waals surface area contributed by atoms with E-state index in [-0.39, 0.29) is 11.5 Å². The SMILES string of the molecule is CC1(C)CN(C(=O)c2ccccc2Nc2ccccc2)CCO1. The van der Waals surface area contributed by atoms with Crippen LogP contribution in [0.15, 0.2) is 54.6 Å². The monoisotopic (exact) mass is 310 g/mol. The minimum Gasteiger partial charge on any atom is -0.372 e. The van der Waals surface area contributed by atoms with Crippen molar-refractivity contribution in [1.82, 2.24) is 4.90 Å². The van der Waals surface area contributed by atoms with Crippen LogP contribution in [0.5, 0.6) is 0 Å². The van der Waals surface area contributed by atoms with Gasteiger partial charge < -0.3 is 15.0 Å². The molecule has 0 saturated carbocycles. The van der Waals surface area contributed by atoms with E-state index in [0.717, 1.165) is 11.4 Å². The first-order chi connectivity index (χ1) is 11.1. The molecule has 2 aromatic carbocycles. The largest absolute Gasteiger partial charge is 0.372 e. The Balaban J connectivity index is 1.83. The van der Waals surface area contributed by atoms with Crippen LogP contribution in [0, 0.1) is 0 Å². The van der Waals surface area contributed by atoms with Crippen LogP contribution >= 0.6 is 0 Å². The highest BCUT2D eigenvalue weighted by Crippen LogP contribution is 2.24. The van der Waals surface area contributed by atoms with Gasteiger partial charge in [0.2, 0.25) is 0 Å². The molecule has 0 unspecified atom stereocenters. The normalized spacial score (nSPS) is 16.9. The molecule has 1 aliphatic heterocycles. The zero-order chi connectivity index (χ0) is 16.3. The van der Waals surface area contributed by atoms with Gasteiger partial charge in [-0.3, -0.25) is 4.79 Å². The van der Waals surface area contributed by atoms with Crippen LogP contribution in [-0.4, -0.2) is 36.1 Å². The molecule has 4 heteroatoms. The standard InChI is InChI=1S/C19H22N2O2/c1-19(2)14-21(12-13-23-19)18(22)16-10-6-7-11-17(16)20-15-8-4-3-5-9-15/h3-11,20H,12-14H2,1-2H3. The molecule has 1 saturated heterocycles. The molecule has 0 spiro atoms. The van der Waals surface area contributed by atoms with Gasteiger partial charge >= 0.3 is 0 Å². The molecule has 0 atom stereocenters. The molecule has 4 nitrogen and oxygen atoms in total. The van der Waals surface area contributed by atoms with Gasteiger partial charge in [0.15, 0.2) is 0 Å². The topological polar surface area (TPSA) is 41.6 Å². The molecule has 120 valence electrons. The molecule has 1 amide bonds. The summed E-state index contributed by atoms with van der Waals surface area (Å²) in [5.41, 5.74) is 2.19. The molecule has 1 heterocycles. The maximum Gasteiger partial charge on any atom is 0.256 e. The lowest BCUT2D eigenvalue weighted by Gasteiger charge is -2.38. The van der Waals surface area contributed by atoms with Crippen LogP contribution in [0.1, 0.15) is 24.2 Å². The molecular formula is C19H22N2O2. The summed E-state index contributed by atoms with van der Waals surface area (Å²) in [5.74, 6) is 0.0420. The van der Waals surface area contributed by atoms with E-state index in [4.69, 9.17) is 4.74 Å². The summed E-state index contributed by atoms with van der Waals surface area (Å²) in [6.45, 7) is 5.83. The summed E-state index contributed by atoms with van der Waals surface area (Å²) in [6.07, 6.45) is 0. The minimum absolute atomic E-state index is 0.0420. The second kappa shape index (κ2) is 6.42. The van der Waals surface area contributed by atoms with Gasteiger partial charge in [-0.15, -0.1) is 0 Å². The van der Waals surface area contributed by atoms with E-state index in [0.29, 0.717) is 25.3 Å².